The average molecular weight is 386 g/mol. The van der Waals surface area contributed by atoms with E-state index in [1.165, 1.54) is 11.6 Å². The van der Waals surface area contributed by atoms with Crippen LogP contribution >= 0.6 is 31.9 Å². The summed E-state index contributed by atoms with van der Waals surface area (Å²) in [6, 6.07) is 15.4. The van der Waals surface area contributed by atoms with E-state index < -0.39 is 0 Å². The van der Waals surface area contributed by atoms with E-state index in [4.69, 9.17) is 0 Å². The molecule has 0 aliphatic heterocycles. The Bertz CT molecular complexity index is 505. The Balaban J connectivity index is 1.86. The SMILES string of the molecule is Fc1cc(Br)cc(CCCC(Br)c2ccccc2)c1. The molecule has 0 fully saturated rings. The predicted octanol–water partition coefficient (Wildman–Crippen LogP) is 6.05. The minimum atomic E-state index is -0.178. The van der Waals surface area contributed by atoms with Gasteiger partial charge in [0, 0.05) is 9.30 Å². The molecule has 1 unspecified atom stereocenters. The van der Waals surface area contributed by atoms with Crippen LogP contribution in [0, 0.1) is 5.82 Å². The van der Waals surface area contributed by atoms with Crippen molar-refractivity contribution in [2.75, 3.05) is 0 Å². The summed E-state index contributed by atoms with van der Waals surface area (Å²) in [6.07, 6.45) is 2.96. The van der Waals surface area contributed by atoms with E-state index in [1.54, 1.807) is 6.07 Å². The van der Waals surface area contributed by atoms with Crippen LogP contribution in [-0.2, 0) is 6.42 Å². The van der Waals surface area contributed by atoms with Crippen molar-refractivity contribution in [1.29, 1.82) is 0 Å². The van der Waals surface area contributed by atoms with E-state index in [0.717, 1.165) is 29.3 Å². The first kappa shape index (κ1) is 14.7. The average Bonchev–Trinajstić information content (AvgIpc) is 2.38. The molecule has 2 rings (SSSR count). The van der Waals surface area contributed by atoms with Crippen molar-refractivity contribution in [2.45, 2.75) is 24.1 Å². The highest BCUT2D eigenvalue weighted by Gasteiger charge is 2.07. The standard InChI is InChI=1S/C16H15Br2F/c17-14-9-12(10-15(19)11-14)5-4-8-16(18)13-6-2-1-3-7-13/h1-3,6-7,9-11,16H,4-5,8H2. The molecule has 1 atom stereocenters. The van der Waals surface area contributed by atoms with Crippen LogP contribution in [0.5, 0.6) is 0 Å². The van der Waals surface area contributed by atoms with Crippen molar-refractivity contribution in [2.24, 2.45) is 0 Å². The number of alkyl halides is 1. The third-order valence-corrected chi connectivity index (χ3v) is 4.45. The van der Waals surface area contributed by atoms with Crippen molar-refractivity contribution in [3.05, 3.63) is 69.9 Å². The number of halogens is 3. The summed E-state index contributed by atoms with van der Waals surface area (Å²) in [5, 5.41) is 0. The highest BCUT2D eigenvalue weighted by molar-refractivity contribution is 9.10. The minimum Gasteiger partial charge on any atom is -0.207 e. The van der Waals surface area contributed by atoms with Crippen molar-refractivity contribution >= 4 is 31.9 Å². The van der Waals surface area contributed by atoms with Crippen LogP contribution in [0.4, 0.5) is 4.39 Å². The van der Waals surface area contributed by atoms with Gasteiger partial charge in [0.05, 0.1) is 0 Å². The normalized spacial score (nSPS) is 12.4. The zero-order valence-corrected chi connectivity index (χ0v) is 13.6. The monoisotopic (exact) mass is 384 g/mol. The Hall–Kier alpha value is -0.670. The Labute approximate surface area is 130 Å². The largest absolute Gasteiger partial charge is 0.207 e. The maximum absolute atomic E-state index is 13.2. The summed E-state index contributed by atoms with van der Waals surface area (Å²) in [6.45, 7) is 0. The molecule has 19 heavy (non-hydrogen) atoms. The molecule has 0 saturated carbocycles. The van der Waals surface area contributed by atoms with E-state index in [0.29, 0.717) is 4.83 Å². The molecule has 2 aromatic rings. The first-order valence-corrected chi connectivity index (χ1v) is 8.00. The summed E-state index contributed by atoms with van der Waals surface area (Å²) in [4.78, 5) is 0.366. The summed E-state index contributed by atoms with van der Waals surface area (Å²) >= 11 is 7.03. The number of rotatable bonds is 5. The van der Waals surface area contributed by atoms with Gasteiger partial charge >= 0.3 is 0 Å². The van der Waals surface area contributed by atoms with Crippen LogP contribution < -0.4 is 0 Å². The second-order valence-corrected chi connectivity index (χ2v) is 6.57. The lowest BCUT2D eigenvalue weighted by molar-refractivity contribution is 0.622. The Morgan fingerprint density at radius 1 is 1.05 bits per heavy atom. The first-order chi connectivity index (χ1) is 9.15. The van der Waals surface area contributed by atoms with Gasteiger partial charge in [-0.3, -0.25) is 0 Å². The van der Waals surface area contributed by atoms with Crippen LogP contribution in [0.15, 0.2) is 53.0 Å². The van der Waals surface area contributed by atoms with Gasteiger partial charge in [-0.15, -0.1) is 0 Å². The molecule has 3 heteroatoms. The molecular weight excluding hydrogens is 371 g/mol. The van der Waals surface area contributed by atoms with E-state index in [1.807, 2.05) is 24.3 Å². The lowest BCUT2D eigenvalue weighted by atomic mass is 10.0. The van der Waals surface area contributed by atoms with Gasteiger partial charge < -0.3 is 0 Å². The molecule has 0 bridgehead atoms. The van der Waals surface area contributed by atoms with Gasteiger partial charge in [-0.1, -0.05) is 62.2 Å². The fraction of sp³-hybridized carbons (Fsp3) is 0.250. The molecular formula is C16H15Br2F. The van der Waals surface area contributed by atoms with Crippen molar-refractivity contribution < 1.29 is 4.39 Å². The number of benzene rings is 2. The van der Waals surface area contributed by atoms with Crippen LogP contribution in [0.1, 0.15) is 28.8 Å². The third-order valence-electron chi connectivity index (χ3n) is 3.01. The van der Waals surface area contributed by atoms with Crippen molar-refractivity contribution in [3.8, 4) is 0 Å². The zero-order valence-electron chi connectivity index (χ0n) is 10.5. The topological polar surface area (TPSA) is 0 Å². The van der Waals surface area contributed by atoms with Gasteiger partial charge in [-0.05, 0) is 48.6 Å². The Kier molecular flexibility index (Phi) is 5.59. The summed E-state index contributed by atoms with van der Waals surface area (Å²) in [7, 11) is 0. The van der Waals surface area contributed by atoms with Crippen LogP contribution in [0.25, 0.3) is 0 Å². The third kappa shape index (κ3) is 4.73. The molecule has 0 amide bonds. The maximum Gasteiger partial charge on any atom is 0.124 e. The van der Waals surface area contributed by atoms with Gasteiger partial charge in [-0.2, -0.15) is 0 Å². The number of hydrogen-bond donors (Lipinski definition) is 0. The van der Waals surface area contributed by atoms with Gasteiger partial charge in [0.25, 0.3) is 0 Å². The second-order valence-electron chi connectivity index (χ2n) is 4.55. The molecule has 0 N–H and O–H groups in total. The molecule has 100 valence electrons. The van der Waals surface area contributed by atoms with E-state index in [-0.39, 0.29) is 5.82 Å². The smallest absolute Gasteiger partial charge is 0.124 e. The molecule has 2 aromatic carbocycles. The summed E-state index contributed by atoms with van der Waals surface area (Å²) in [5.41, 5.74) is 2.34. The Morgan fingerprint density at radius 2 is 1.79 bits per heavy atom. The first-order valence-electron chi connectivity index (χ1n) is 6.29. The number of aryl methyl sites for hydroxylation is 1. The fourth-order valence-electron chi connectivity index (χ4n) is 2.07. The molecule has 0 heterocycles. The van der Waals surface area contributed by atoms with E-state index in [9.17, 15) is 4.39 Å². The van der Waals surface area contributed by atoms with Crippen molar-refractivity contribution in [1.82, 2.24) is 0 Å². The van der Waals surface area contributed by atoms with Gasteiger partial charge in [0.1, 0.15) is 5.82 Å². The highest BCUT2D eigenvalue weighted by atomic mass is 79.9. The van der Waals surface area contributed by atoms with Crippen LogP contribution in [0.3, 0.4) is 0 Å². The summed E-state index contributed by atoms with van der Waals surface area (Å²) in [5.74, 6) is -0.178. The van der Waals surface area contributed by atoms with Gasteiger partial charge in [0.15, 0.2) is 0 Å². The molecule has 0 aromatic heterocycles. The van der Waals surface area contributed by atoms with Crippen molar-refractivity contribution in [3.63, 3.8) is 0 Å². The highest BCUT2D eigenvalue weighted by Crippen LogP contribution is 2.28. The molecule has 0 saturated heterocycles. The maximum atomic E-state index is 13.2. The van der Waals surface area contributed by atoms with E-state index in [2.05, 4.69) is 44.0 Å². The van der Waals surface area contributed by atoms with Gasteiger partial charge in [0.2, 0.25) is 0 Å². The molecule has 0 spiro atoms. The van der Waals surface area contributed by atoms with Crippen LogP contribution in [0.2, 0.25) is 0 Å². The molecule has 0 radical (unpaired) electrons. The lowest BCUT2D eigenvalue weighted by Gasteiger charge is -2.10. The summed E-state index contributed by atoms with van der Waals surface area (Å²) < 4.78 is 14.0. The predicted molar refractivity (Wildman–Crippen MR) is 85.1 cm³/mol. The zero-order chi connectivity index (χ0) is 13.7. The second kappa shape index (κ2) is 7.20. The molecule has 0 aliphatic rings. The van der Waals surface area contributed by atoms with E-state index >= 15 is 0 Å². The lowest BCUT2D eigenvalue weighted by Crippen LogP contribution is -1.93. The molecule has 0 nitrogen and oxygen atoms in total. The number of hydrogen-bond acceptors (Lipinski definition) is 0. The molecule has 0 aliphatic carbocycles. The fourth-order valence-corrected chi connectivity index (χ4v) is 3.21. The van der Waals surface area contributed by atoms with Gasteiger partial charge in [-0.25, -0.2) is 4.39 Å². The quantitative estimate of drug-likeness (QED) is 0.549. The van der Waals surface area contributed by atoms with Crippen LogP contribution in [-0.4, -0.2) is 0 Å². The Morgan fingerprint density at radius 3 is 2.47 bits per heavy atom. The minimum absolute atomic E-state index is 0.178.